The van der Waals surface area contributed by atoms with Crippen LogP contribution in [0.15, 0.2) is 52.1 Å². The first-order valence-corrected chi connectivity index (χ1v) is 8.83. The SMILES string of the molecule is CCn1c(=O)[nH]c2cc(C(=O)Nc3cccc(OCCOC)c3)ccc2c1=O. The maximum atomic E-state index is 12.6. The highest BCUT2D eigenvalue weighted by atomic mass is 16.5. The van der Waals surface area contributed by atoms with E-state index in [1.165, 1.54) is 6.07 Å². The number of aromatic amines is 1. The van der Waals surface area contributed by atoms with Crippen LogP contribution in [0.5, 0.6) is 5.75 Å². The molecule has 3 rings (SSSR count). The number of H-pyrrole nitrogens is 1. The molecule has 3 aromatic rings. The maximum Gasteiger partial charge on any atom is 0.328 e. The number of nitrogens with one attached hydrogen (secondary N) is 2. The molecule has 0 spiro atoms. The fourth-order valence-electron chi connectivity index (χ4n) is 2.79. The fraction of sp³-hybridized carbons (Fsp3) is 0.250. The second-order valence-electron chi connectivity index (χ2n) is 6.06. The Morgan fingerprint density at radius 1 is 1.14 bits per heavy atom. The summed E-state index contributed by atoms with van der Waals surface area (Å²) in [4.78, 5) is 39.5. The molecule has 2 aromatic carbocycles. The van der Waals surface area contributed by atoms with Gasteiger partial charge in [-0.25, -0.2) is 4.79 Å². The fourth-order valence-corrected chi connectivity index (χ4v) is 2.79. The Labute approximate surface area is 160 Å². The Hall–Kier alpha value is -3.39. The van der Waals surface area contributed by atoms with Crippen molar-refractivity contribution in [2.45, 2.75) is 13.5 Å². The van der Waals surface area contributed by atoms with E-state index in [4.69, 9.17) is 9.47 Å². The van der Waals surface area contributed by atoms with E-state index in [1.54, 1.807) is 50.4 Å². The van der Waals surface area contributed by atoms with Gasteiger partial charge < -0.3 is 19.8 Å². The molecule has 0 aliphatic carbocycles. The summed E-state index contributed by atoms with van der Waals surface area (Å²) in [7, 11) is 1.59. The monoisotopic (exact) mass is 383 g/mol. The summed E-state index contributed by atoms with van der Waals surface area (Å²) in [5, 5.41) is 3.13. The molecule has 2 N–H and O–H groups in total. The van der Waals surface area contributed by atoms with Crippen molar-refractivity contribution in [1.29, 1.82) is 0 Å². The van der Waals surface area contributed by atoms with Gasteiger partial charge in [-0.3, -0.25) is 14.2 Å². The van der Waals surface area contributed by atoms with Gasteiger partial charge in [-0.1, -0.05) is 6.07 Å². The van der Waals surface area contributed by atoms with Crippen molar-refractivity contribution in [1.82, 2.24) is 9.55 Å². The van der Waals surface area contributed by atoms with Gasteiger partial charge in [0, 0.05) is 31.0 Å². The number of methoxy groups -OCH3 is 1. The van der Waals surface area contributed by atoms with Crippen molar-refractivity contribution >= 4 is 22.5 Å². The van der Waals surface area contributed by atoms with Gasteiger partial charge in [-0.05, 0) is 37.3 Å². The number of amides is 1. The summed E-state index contributed by atoms with van der Waals surface area (Å²) in [5.74, 6) is 0.245. The van der Waals surface area contributed by atoms with E-state index in [1.807, 2.05) is 0 Å². The molecule has 0 fully saturated rings. The summed E-state index contributed by atoms with van der Waals surface area (Å²) >= 11 is 0. The average molecular weight is 383 g/mol. The summed E-state index contributed by atoms with van der Waals surface area (Å²) < 4.78 is 11.6. The van der Waals surface area contributed by atoms with Crippen molar-refractivity contribution < 1.29 is 14.3 Å². The zero-order valence-corrected chi connectivity index (χ0v) is 15.7. The molecule has 0 saturated heterocycles. The lowest BCUT2D eigenvalue weighted by Crippen LogP contribution is -2.34. The first-order valence-electron chi connectivity index (χ1n) is 8.83. The predicted molar refractivity (Wildman–Crippen MR) is 106 cm³/mol. The number of anilines is 1. The molecule has 8 heteroatoms. The van der Waals surface area contributed by atoms with Crippen LogP contribution >= 0.6 is 0 Å². The van der Waals surface area contributed by atoms with Gasteiger partial charge in [-0.2, -0.15) is 0 Å². The first kappa shape index (κ1) is 19.4. The van der Waals surface area contributed by atoms with Gasteiger partial charge in [0.05, 0.1) is 17.5 Å². The number of carbonyl (C=O) groups excluding carboxylic acids is 1. The van der Waals surface area contributed by atoms with E-state index in [9.17, 15) is 14.4 Å². The lowest BCUT2D eigenvalue weighted by atomic mass is 10.1. The molecule has 1 heterocycles. The molecule has 1 amide bonds. The minimum Gasteiger partial charge on any atom is -0.491 e. The Morgan fingerprint density at radius 2 is 1.96 bits per heavy atom. The van der Waals surface area contributed by atoms with Crippen LogP contribution in [0.2, 0.25) is 0 Å². The van der Waals surface area contributed by atoms with Gasteiger partial charge in [0.25, 0.3) is 11.5 Å². The smallest absolute Gasteiger partial charge is 0.328 e. The largest absolute Gasteiger partial charge is 0.491 e. The minimum absolute atomic E-state index is 0.273. The highest BCUT2D eigenvalue weighted by Gasteiger charge is 2.11. The van der Waals surface area contributed by atoms with E-state index in [-0.39, 0.29) is 18.0 Å². The summed E-state index contributed by atoms with van der Waals surface area (Å²) in [6.45, 7) is 2.86. The van der Waals surface area contributed by atoms with Crippen LogP contribution in [0.1, 0.15) is 17.3 Å². The number of rotatable bonds is 7. The van der Waals surface area contributed by atoms with Crippen molar-refractivity contribution in [2.75, 3.05) is 25.6 Å². The van der Waals surface area contributed by atoms with Gasteiger partial charge in [0.1, 0.15) is 12.4 Å². The Morgan fingerprint density at radius 3 is 2.71 bits per heavy atom. The molecule has 28 heavy (non-hydrogen) atoms. The van der Waals surface area contributed by atoms with Crippen LogP contribution < -0.4 is 21.3 Å². The van der Waals surface area contributed by atoms with Gasteiger partial charge in [-0.15, -0.1) is 0 Å². The quantitative estimate of drug-likeness (QED) is 0.608. The Kier molecular flexibility index (Phi) is 5.90. The molecule has 1 aromatic heterocycles. The molecule has 0 bridgehead atoms. The Bertz CT molecular complexity index is 1120. The summed E-state index contributed by atoms with van der Waals surface area (Å²) in [6.07, 6.45) is 0. The zero-order chi connectivity index (χ0) is 20.1. The van der Waals surface area contributed by atoms with E-state index in [2.05, 4.69) is 10.3 Å². The third-order valence-corrected chi connectivity index (χ3v) is 4.21. The van der Waals surface area contributed by atoms with Crippen molar-refractivity contribution in [3.05, 3.63) is 68.9 Å². The molecule has 0 saturated carbocycles. The Balaban J connectivity index is 1.83. The molecule has 0 unspecified atom stereocenters. The molecule has 0 aliphatic heterocycles. The van der Waals surface area contributed by atoms with Crippen LogP contribution in [-0.2, 0) is 11.3 Å². The number of benzene rings is 2. The van der Waals surface area contributed by atoms with Crippen molar-refractivity contribution in [3.63, 3.8) is 0 Å². The average Bonchev–Trinajstić information content (AvgIpc) is 2.68. The molecule has 0 radical (unpaired) electrons. The normalized spacial score (nSPS) is 10.8. The number of hydrogen-bond acceptors (Lipinski definition) is 5. The van der Waals surface area contributed by atoms with Crippen LogP contribution in [-0.4, -0.2) is 35.8 Å². The van der Waals surface area contributed by atoms with E-state index in [0.717, 1.165) is 4.57 Å². The van der Waals surface area contributed by atoms with Gasteiger partial charge in [0.2, 0.25) is 0 Å². The molecule has 8 nitrogen and oxygen atoms in total. The van der Waals surface area contributed by atoms with E-state index < -0.39 is 5.69 Å². The van der Waals surface area contributed by atoms with E-state index >= 15 is 0 Å². The van der Waals surface area contributed by atoms with Crippen LogP contribution in [0.4, 0.5) is 5.69 Å². The summed E-state index contributed by atoms with van der Waals surface area (Å²) in [5.41, 5.74) is 0.328. The van der Waals surface area contributed by atoms with E-state index in [0.29, 0.717) is 41.1 Å². The van der Waals surface area contributed by atoms with Crippen molar-refractivity contribution in [3.8, 4) is 5.75 Å². The maximum absolute atomic E-state index is 12.6. The first-order chi connectivity index (χ1) is 13.5. The third-order valence-electron chi connectivity index (χ3n) is 4.21. The molecule has 146 valence electrons. The third kappa shape index (κ3) is 4.12. The number of fused-ring (bicyclic) bond motifs is 1. The molecular formula is C20H21N3O5. The predicted octanol–water partition coefficient (Wildman–Crippen LogP) is 1.99. The number of nitrogens with zero attached hydrogens (tertiary/aromatic N) is 1. The second kappa shape index (κ2) is 8.53. The second-order valence-corrected chi connectivity index (χ2v) is 6.06. The topological polar surface area (TPSA) is 102 Å². The summed E-state index contributed by atoms with van der Waals surface area (Å²) in [6, 6.07) is 11.6. The lowest BCUT2D eigenvalue weighted by molar-refractivity contribution is 0.102. The highest BCUT2D eigenvalue weighted by Crippen LogP contribution is 2.19. The van der Waals surface area contributed by atoms with Crippen molar-refractivity contribution in [2.24, 2.45) is 0 Å². The molecular weight excluding hydrogens is 362 g/mol. The highest BCUT2D eigenvalue weighted by molar-refractivity contribution is 6.06. The molecule has 0 aliphatic rings. The number of carbonyl (C=O) groups is 1. The number of hydrogen-bond donors (Lipinski definition) is 2. The van der Waals surface area contributed by atoms with Crippen LogP contribution in [0, 0.1) is 0 Å². The van der Waals surface area contributed by atoms with Gasteiger partial charge >= 0.3 is 5.69 Å². The van der Waals surface area contributed by atoms with Gasteiger partial charge in [0.15, 0.2) is 0 Å². The standard InChI is InChI=1S/C20H21N3O5/c1-3-23-19(25)16-8-7-13(11-17(16)22-20(23)26)18(24)21-14-5-4-6-15(12-14)28-10-9-27-2/h4-8,11-12H,3,9-10H2,1-2H3,(H,21,24)(H,22,26). The molecule has 0 atom stereocenters. The van der Waals surface area contributed by atoms with Crippen LogP contribution in [0.25, 0.3) is 10.9 Å². The number of aromatic nitrogens is 2. The lowest BCUT2D eigenvalue weighted by Gasteiger charge is -2.10. The minimum atomic E-state index is -0.501. The number of ether oxygens (including phenoxy) is 2. The van der Waals surface area contributed by atoms with Crippen LogP contribution in [0.3, 0.4) is 0 Å². The zero-order valence-electron chi connectivity index (χ0n) is 15.7.